The second-order valence-electron chi connectivity index (χ2n) is 4.89. The summed E-state index contributed by atoms with van der Waals surface area (Å²) in [6, 6.07) is 1.85. The van der Waals surface area contributed by atoms with E-state index in [0.717, 1.165) is 30.7 Å². The number of nitrogens with zero attached hydrogens (tertiary/aromatic N) is 2. The maximum absolute atomic E-state index is 13.7. The number of hydrogen-bond acceptors (Lipinski definition) is 3. The maximum atomic E-state index is 13.7. The normalized spacial score (nSPS) is 14.2. The van der Waals surface area contributed by atoms with Crippen LogP contribution in [-0.4, -0.2) is 20.6 Å². The van der Waals surface area contributed by atoms with Crippen LogP contribution < -0.4 is 4.74 Å². The molecule has 1 aromatic carbocycles. The molecule has 0 atom stereocenters. The molecule has 1 saturated carbocycles. The zero-order chi connectivity index (χ0) is 15.0. The van der Waals surface area contributed by atoms with Crippen LogP contribution in [0.5, 0.6) is 5.75 Å². The molecule has 0 spiro atoms. The number of halogens is 2. The highest BCUT2D eigenvalue weighted by Gasteiger charge is 2.25. The Bertz CT molecular complexity index is 672. The second-order valence-corrected chi connectivity index (χ2v) is 4.89. The van der Waals surface area contributed by atoms with Gasteiger partial charge in [0.05, 0.1) is 23.8 Å². The van der Waals surface area contributed by atoms with Gasteiger partial charge in [-0.2, -0.15) is 0 Å². The second kappa shape index (κ2) is 5.16. The van der Waals surface area contributed by atoms with Crippen molar-refractivity contribution in [2.75, 3.05) is 0 Å². The lowest BCUT2D eigenvalue weighted by Crippen LogP contribution is -2.07. The molecule has 21 heavy (non-hydrogen) atoms. The number of carboxylic acids is 1. The molecule has 5 nitrogen and oxygen atoms in total. The lowest BCUT2D eigenvalue weighted by atomic mass is 10.2. The van der Waals surface area contributed by atoms with E-state index in [1.54, 1.807) is 12.5 Å². The number of aromatic nitrogens is 2. The monoisotopic (exact) mass is 294 g/mol. The van der Waals surface area contributed by atoms with Gasteiger partial charge in [0, 0.05) is 6.04 Å². The summed E-state index contributed by atoms with van der Waals surface area (Å²) in [6.45, 7) is -0.0310. The van der Waals surface area contributed by atoms with Crippen molar-refractivity contribution >= 4 is 5.97 Å². The molecule has 0 amide bonds. The minimum absolute atomic E-state index is 0.0310. The van der Waals surface area contributed by atoms with Crippen molar-refractivity contribution in [2.24, 2.45) is 0 Å². The van der Waals surface area contributed by atoms with Gasteiger partial charge in [-0.1, -0.05) is 0 Å². The Labute approximate surface area is 118 Å². The Hall–Kier alpha value is -2.44. The van der Waals surface area contributed by atoms with Crippen LogP contribution in [0.25, 0.3) is 0 Å². The van der Waals surface area contributed by atoms with Crippen LogP contribution in [0.4, 0.5) is 8.78 Å². The number of hydrogen-bond donors (Lipinski definition) is 1. The molecule has 0 radical (unpaired) electrons. The Morgan fingerprint density at radius 2 is 2.05 bits per heavy atom. The van der Waals surface area contributed by atoms with E-state index in [-0.39, 0.29) is 6.61 Å². The number of ether oxygens (including phenoxy) is 1. The maximum Gasteiger partial charge on any atom is 0.335 e. The van der Waals surface area contributed by atoms with E-state index >= 15 is 0 Å². The van der Waals surface area contributed by atoms with Crippen LogP contribution in [0.15, 0.2) is 24.7 Å². The standard InChI is InChI=1S/C14H12F2N2O3/c15-11-3-8(14(19)20)4-12(16)13(11)21-6-10-5-17-7-18(10)9-1-2-9/h3-5,7,9H,1-2,6H2,(H,19,20). The lowest BCUT2D eigenvalue weighted by Gasteiger charge is -2.10. The molecule has 110 valence electrons. The topological polar surface area (TPSA) is 64.3 Å². The number of imidazole rings is 1. The minimum atomic E-state index is -1.40. The summed E-state index contributed by atoms with van der Waals surface area (Å²) in [5.74, 6) is -4.05. The van der Waals surface area contributed by atoms with Crippen LogP contribution >= 0.6 is 0 Å². The fourth-order valence-corrected chi connectivity index (χ4v) is 2.09. The van der Waals surface area contributed by atoms with E-state index < -0.39 is 28.9 Å². The third kappa shape index (κ3) is 2.72. The van der Waals surface area contributed by atoms with Crippen molar-refractivity contribution in [3.05, 3.63) is 47.5 Å². The van der Waals surface area contributed by atoms with E-state index in [0.29, 0.717) is 6.04 Å². The van der Waals surface area contributed by atoms with Gasteiger partial charge in [0.15, 0.2) is 17.4 Å². The molecule has 0 bridgehead atoms. The Kier molecular flexibility index (Phi) is 3.32. The summed E-state index contributed by atoms with van der Waals surface area (Å²) >= 11 is 0. The third-order valence-electron chi connectivity index (χ3n) is 3.30. The van der Waals surface area contributed by atoms with E-state index in [1.165, 1.54) is 0 Å². The fourth-order valence-electron chi connectivity index (χ4n) is 2.09. The molecule has 1 aliphatic carbocycles. The molecule has 1 heterocycles. The largest absolute Gasteiger partial charge is 0.481 e. The van der Waals surface area contributed by atoms with Crippen molar-refractivity contribution in [1.29, 1.82) is 0 Å². The van der Waals surface area contributed by atoms with Gasteiger partial charge in [0.25, 0.3) is 0 Å². The highest BCUT2D eigenvalue weighted by atomic mass is 19.1. The molecule has 1 aromatic heterocycles. The third-order valence-corrected chi connectivity index (χ3v) is 3.30. The average molecular weight is 294 g/mol. The van der Waals surface area contributed by atoms with Gasteiger partial charge >= 0.3 is 5.97 Å². The first-order valence-electron chi connectivity index (χ1n) is 6.42. The minimum Gasteiger partial charge on any atom is -0.481 e. The molecular formula is C14H12F2N2O3. The van der Waals surface area contributed by atoms with Crippen LogP contribution in [0.3, 0.4) is 0 Å². The Balaban J connectivity index is 1.78. The molecule has 3 rings (SSSR count). The molecular weight excluding hydrogens is 282 g/mol. The average Bonchev–Trinajstić information content (AvgIpc) is 3.17. The van der Waals surface area contributed by atoms with Gasteiger partial charge < -0.3 is 14.4 Å². The Morgan fingerprint density at radius 1 is 1.38 bits per heavy atom. The molecule has 7 heteroatoms. The van der Waals surface area contributed by atoms with Gasteiger partial charge in [0.2, 0.25) is 0 Å². The summed E-state index contributed by atoms with van der Waals surface area (Å²) < 4.78 is 34.5. The zero-order valence-electron chi connectivity index (χ0n) is 10.9. The van der Waals surface area contributed by atoms with Gasteiger partial charge in [-0.25, -0.2) is 18.6 Å². The van der Waals surface area contributed by atoms with Gasteiger partial charge in [-0.3, -0.25) is 0 Å². The molecule has 0 saturated heterocycles. The predicted molar refractivity (Wildman–Crippen MR) is 68.1 cm³/mol. The number of carbonyl (C=O) groups is 1. The zero-order valence-corrected chi connectivity index (χ0v) is 10.9. The fraction of sp³-hybridized carbons (Fsp3) is 0.286. The summed E-state index contributed by atoms with van der Waals surface area (Å²) in [7, 11) is 0. The summed E-state index contributed by atoms with van der Waals surface area (Å²) in [5, 5.41) is 8.72. The van der Waals surface area contributed by atoms with E-state index in [9.17, 15) is 13.6 Å². The number of aromatic carboxylic acids is 1. The number of rotatable bonds is 5. The highest BCUT2D eigenvalue weighted by Crippen LogP contribution is 2.36. The predicted octanol–water partition coefficient (Wildman–Crippen LogP) is 2.77. The molecule has 1 fully saturated rings. The van der Waals surface area contributed by atoms with Gasteiger partial charge in [-0.15, -0.1) is 0 Å². The quantitative estimate of drug-likeness (QED) is 0.921. The molecule has 2 aromatic rings. The first-order chi connectivity index (χ1) is 10.1. The van der Waals surface area contributed by atoms with Crippen molar-refractivity contribution in [3.8, 4) is 5.75 Å². The van der Waals surface area contributed by atoms with Crippen molar-refractivity contribution in [2.45, 2.75) is 25.5 Å². The molecule has 0 unspecified atom stereocenters. The number of carboxylic acid groups (broad SMARTS) is 1. The summed E-state index contributed by atoms with van der Waals surface area (Å²) in [4.78, 5) is 14.7. The lowest BCUT2D eigenvalue weighted by molar-refractivity contribution is 0.0695. The van der Waals surface area contributed by atoms with Crippen LogP contribution in [0, 0.1) is 11.6 Å². The van der Waals surface area contributed by atoms with Crippen LogP contribution in [0.2, 0.25) is 0 Å². The van der Waals surface area contributed by atoms with E-state index in [1.807, 2.05) is 4.57 Å². The van der Waals surface area contributed by atoms with Crippen LogP contribution in [-0.2, 0) is 6.61 Å². The molecule has 1 N–H and O–H groups in total. The first-order valence-corrected chi connectivity index (χ1v) is 6.42. The molecule has 0 aliphatic heterocycles. The number of benzene rings is 1. The van der Waals surface area contributed by atoms with Crippen molar-refractivity contribution in [1.82, 2.24) is 9.55 Å². The Morgan fingerprint density at radius 3 is 2.62 bits per heavy atom. The van der Waals surface area contributed by atoms with Gasteiger partial charge in [-0.05, 0) is 25.0 Å². The van der Waals surface area contributed by atoms with Gasteiger partial charge in [0.1, 0.15) is 6.61 Å². The smallest absolute Gasteiger partial charge is 0.335 e. The van der Waals surface area contributed by atoms with Crippen LogP contribution in [0.1, 0.15) is 34.9 Å². The first kappa shape index (κ1) is 13.5. The summed E-state index contributed by atoms with van der Waals surface area (Å²) in [6.07, 6.45) is 5.36. The highest BCUT2D eigenvalue weighted by molar-refractivity contribution is 5.87. The van der Waals surface area contributed by atoms with E-state index in [2.05, 4.69) is 4.98 Å². The van der Waals surface area contributed by atoms with E-state index in [4.69, 9.17) is 9.84 Å². The van der Waals surface area contributed by atoms with Crippen molar-refractivity contribution < 1.29 is 23.4 Å². The molecule has 1 aliphatic rings. The van der Waals surface area contributed by atoms with Crippen molar-refractivity contribution in [3.63, 3.8) is 0 Å². The SMILES string of the molecule is O=C(O)c1cc(F)c(OCc2cncn2C2CC2)c(F)c1. The summed E-state index contributed by atoms with van der Waals surface area (Å²) in [5.41, 5.74) is 0.263.